The van der Waals surface area contributed by atoms with Crippen molar-refractivity contribution < 1.29 is 0 Å². The molecule has 0 saturated heterocycles. The van der Waals surface area contributed by atoms with Crippen LogP contribution in [-0.2, 0) is 20.1 Å². The van der Waals surface area contributed by atoms with Gasteiger partial charge in [0.2, 0.25) is 0 Å². The average molecular weight is 219 g/mol. The van der Waals surface area contributed by atoms with Gasteiger partial charge in [0.25, 0.3) is 0 Å². The molecule has 0 spiro atoms. The quantitative estimate of drug-likeness (QED) is 0.831. The van der Waals surface area contributed by atoms with Crippen LogP contribution in [0.4, 0.5) is 5.69 Å². The average Bonchev–Trinajstić information content (AvgIpc) is 2.85. The highest BCUT2D eigenvalue weighted by molar-refractivity contribution is 5.38. The molecule has 0 aromatic carbocycles. The number of hydrogen-bond acceptors (Lipinski definition) is 3. The molecule has 86 valence electrons. The molecule has 5 heteroatoms. The van der Waals surface area contributed by atoms with Gasteiger partial charge in [-0.1, -0.05) is 6.92 Å². The molecule has 0 atom stereocenters. The standard InChI is InChI=1S/C11H17N5/c1-3-6-16-11(4-5-13-16)8-12-10-7-14-15(2)9-10/h4-5,7,9,12H,3,6,8H2,1-2H3. The fourth-order valence-corrected chi connectivity index (χ4v) is 1.63. The maximum Gasteiger partial charge on any atom is 0.0729 e. The Morgan fingerprint density at radius 2 is 2.25 bits per heavy atom. The molecular formula is C11H17N5. The Morgan fingerprint density at radius 3 is 2.94 bits per heavy atom. The molecule has 16 heavy (non-hydrogen) atoms. The van der Waals surface area contributed by atoms with Crippen LogP contribution in [-0.4, -0.2) is 19.6 Å². The summed E-state index contributed by atoms with van der Waals surface area (Å²) >= 11 is 0. The first kappa shape index (κ1) is 10.7. The molecule has 0 aliphatic carbocycles. The minimum absolute atomic E-state index is 0.783. The van der Waals surface area contributed by atoms with Crippen LogP contribution >= 0.6 is 0 Å². The molecule has 2 heterocycles. The topological polar surface area (TPSA) is 47.7 Å². The van der Waals surface area contributed by atoms with E-state index in [1.807, 2.05) is 36.4 Å². The molecule has 0 aliphatic heterocycles. The van der Waals surface area contributed by atoms with Gasteiger partial charge >= 0.3 is 0 Å². The predicted octanol–water partition coefficient (Wildman–Crippen LogP) is 1.64. The van der Waals surface area contributed by atoms with Gasteiger partial charge in [0.1, 0.15) is 0 Å². The second kappa shape index (κ2) is 4.83. The number of aryl methyl sites for hydroxylation is 2. The SMILES string of the molecule is CCCn1nccc1CNc1cnn(C)c1. The smallest absolute Gasteiger partial charge is 0.0729 e. The van der Waals surface area contributed by atoms with Gasteiger partial charge < -0.3 is 5.32 Å². The van der Waals surface area contributed by atoms with Gasteiger partial charge in [-0.25, -0.2) is 0 Å². The Bertz CT molecular complexity index is 443. The molecule has 2 rings (SSSR count). The summed E-state index contributed by atoms with van der Waals surface area (Å²) in [5.74, 6) is 0. The Kier molecular flexibility index (Phi) is 3.24. The van der Waals surface area contributed by atoms with Crippen LogP contribution in [0.1, 0.15) is 19.0 Å². The highest BCUT2D eigenvalue weighted by Gasteiger charge is 2.01. The van der Waals surface area contributed by atoms with Crippen LogP contribution in [0.25, 0.3) is 0 Å². The summed E-state index contributed by atoms with van der Waals surface area (Å²) in [6.45, 7) is 3.91. The van der Waals surface area contributed by atoms with Crippen LogP contribution in [0.2, 0.25) is 0 Å². The molecule has 1 N–H and O–H groups in total. The van der Waals surface area contributed by atoms with Crippen molar-refractivity contribution in [2.75, 3.05) is 5.32 Å². The monoisotopic (exact) mass is 219 g/mol. The van der Waals surface area contributed by atoms with Crippen molar-refractivity contribution in [1.29, 1.82) is 0 Å². The lowest BCUT2D eigenvalue weighted by Crippen LogP contribution is -2.08. The second-order valence-electron chi connectivity index (χ2n) is 3.80. The number of hydrogen-bond donors (Lipinski definition) is 1. The van der Waals surface area contributed by atoms with E-state index < -0.39 is 0 Å². The summed E-state index contributed by atoms with van der Waals surface area (Å²) in [6.07, 6.45) is 6.72. The number of nitrogens with one attached hydrogen (secondary N) is 1. The van der Waals surface area contributed by atoms with E-state index in [1.165, 1.54) is 5.69 Å². The Balaban J connectivity index is 1.96. The Morgan fingerprint density at radius 1 is 1.38 bits per heavy atom. The first-order valence-electron chi connectivity index (χ1n) is 5.53. The molecule has 0 saturated carbocycles. The van der Waals surface area contributed by atoms with Crippen LogP contribution < -0.4 is 5.32 Å². The Labute approximate surface area is 95.1 Å². The zero-order valence-corrected chi connectivity index (χ0v) is 9.72. The number of nitrogens with zero attached hydrogens (tertiary/aromatic N) is 4. The van der Waals surface area contributed by atoms with E-state index in [-0.39, 0.29) is 0 Å². The molecule has 0 radical (unpaired) electrons. The van der Waals surface area contributed by atoms with E-state index in [9.17, 15) is 0 Å². The molecule has 5 nitrogen and oxygen atoms in total. The van der Waals surface area contributed by atoms with Gasteiger partial charge in [-0.2, -0.15) is 10.2 Å². The number of aromatic nitrogens is 4. The fourth-order valence-electron chi connectivity index (χ4n) is 1.63. The lowest BCUT2D eigenvalue weighted by atomic mass is 10.4. The van der Waals surface area contributed by atoms with E-state index in [2.05, 4.69) is 22.4 Å². The van der Waals surface area contributed by atoms with E-state index >= 15 is 0 Å². The van der Waals surface area contributed by atoms with Crippen molar-refractivity contribution in [3.63, 3.8) is 0 Å². The summed E-state index contributed by atoms with van der Waals surface area (Å²) in [4.78, 5) is 0. The highest BCUT2D eigenvalue weighted by Crippen LogP contribution is 2.07. The van der Waals surface area contributed by atoms with Crippen LogP contribution in [0.5, 0.6) is 0 Å². The predicted molar refractivity (Wildman–Crippen MR) is 63.1 cm³/mol. The highest BCUT2D eigenvalue weighted by atomic mass is 15.3. The maximum absolute atomic E-state index is 4.28. The second-order valence-corrected chi connectivity index (χ2v) is 3.80. The van der Waals surface area contributed by atoms with Gasteiger partial charge in [-0.05, 0) is 12.5 Å². The van der Waals surface area contributed by atoms with Crippen molar-refractivity contribution in [2.45, 2.75) is 26.4 Å². The largest absolute Gasteiger partial charge is 0.377 e. The van der Waals surface area contributed by atoms with E-state index in [1.54, 1.807) is 4.68 Å². The third kappa shape index (κ3) is 2.42. The third-order valence-corrected chi connectivity index (χ3v) is 2.42. The van der Waals surface area contributed by atoms with Gasteiger partial charge in [-0.15, -0.1) is 0 Å². The van der Waals surface area contributed by atoms with Gasteiger partial charge in [0, 0.05) is 26.0 Å². The summed E-state index contributed by atoms with van der Waals surface area (Å²) in [5.41, 5.74) is 2.23. The lowest BCUT2D eigenvalue weighted by Gasteiger charge is -2.06. The zero-order valence-electron chi connectivity index (χ0n) is 9.72. The lowest BCUT2D eigenvalue weighted by molar-refractivity contribution is 0.578. The molecule has 0 bridgehead atoms. The normalized spacial score (nSPS) is 10.6. The molecule has 0 amide bonds. The molecule has 0 unspecified atom stereocenters. The van der Waals surface area contributed by atoms with Crippen LogP contribution in [0.3, 0.4) is 0 Å². The molecule has 0 aliphatic rings. The van der Waals surface area contributed by atoms with E-state index in [0.717, 1.165) is 25.2 Å². The van der Waals surface area contributed by atoms with Crippen molar-refractivity contribution in [2.24, 2.45) is 7.05 Å². The zero-order chi connectivity index (χ0) is 11.4. The minimum atomic E-state index is 0.783. The van der Waals surface area contributed by atoms with Gasteiger partial charge in [-0.3, -0.25) is 9.36 Å². The summed E-state index contributed by atoms with van der Waals surface area (Å²) < 4.78 is 3.81. The first-order chi connectivity index (χ1) is 7.79. The van der Waals surface area contributed by atoms with Crippen molar-refractivity contribution >= 4 is 5.69 Å². The van der Waals surface area contributed by atoms with Crippen molar-refractivity contribution in [1.82, 2.24) is 19.6 Å². The molecule has 2 aromatic heterocycles. The summed E-state index contributed by atoms with van der Waals surface area (Å²) in [5, 5.41) is 11.7. The third-order valence-electron chi connectivity index (χ3n) is 2.42. The minimum Gasteiger partial charge on any atom is -0.377 e. The van der Waals surface area contributed by atoms with Gasteiger partial charge in [0.15, 0.2) is 0 Å². The van der Waals surface area contributed by atoms with Crippen LogP contribution in [0, 0.1) is 0 Å². The number of anilines is 1. The van der Waals surface area contributed by atoms with Crippen molar-refractivity contribution in [3.05, 3.63) is 30.4 Å². The van der Waals surface area contributed by atoms with E-state index in [4.69, 9.17) is 0 Å². The maximum atomic E-state index is 4.28. The van der Waals surface area contributed by atoms with Crippen molar-refractivity contribution in [3.8, 4) is 0 Å². The summed E-state index contributed by atoms with van der Waals surface area (Å²) in [7, 11) is 1.91. The molecule has 2 aromatic rings. The Hall–Kier alpha value is -1.78. The molecule has 0 fully saturated rings. The first-order valence-corrected chi connectivity index (χ1v) is 5.53. The van der Waals surface area contributed by atoms with Gasteiger partial charge in [0.05, 0.1) is 24.1 Å². The van der Waals surface area contributed by atoms with Crippen LogP contribution in [0.15, 0.2) is 24.7 Å². The van der Waals surface area contributed by atoms with E-state index in [0.29, 0.717) is 0 Å². The fraction of sp³-hybridized carbons (Fsp3) is 0.455. The molecular weight excluding hydrogens is 202 g/mol. The summed E-state index contributed by atoms with van der Waals surface area (Å²) in [6, 6.07) is 2.04. The number of rotatable bonds is 5.